The average Bonchev–Trinajstić information content (AvgIpc) is 2.69. The number of aliphatic imine (C=N–C) groups is 1. The van der Waals surface area contributed by atoms with Gasteiger partial charge in [0, 0.05) is 12.8 Å². The van der Waals surface area contributed by atoms with Crippen molar-refractivity contribution in [3.05, 3.63) is 50.1 Å². The van der Waals surface area contributed by atoms with Crippen molar-refractivity contribution in [2.75, 3.05) is 7.05 Å². The first kappa shape index (κ1) is 25.4. The van der Waals surface area contributed by atoms with Crippen LogP contribution >= 0.6 is 22.6 Å². The summed E-state index contributed by atoms with van der Waals surface area (Å²) in [6.45, 7) is 14.0. The molecule has 0 spiro atoms. The molecule has 166 valence electrons. The summed E-state index contributed by atoms with van der Waals surface area (Å²) in [5.74, 6) is 0.669. The molecule has 0 radical (unpaired) electrons. The third-order valence-electron chi connectivity index (χ3n) is 7.06. The van der Waals surface area contributed by atoms with Crippen molar-refractivity contribution >= 4 is 33.9 Å². The van der Waals surface area contributed by atoms with Gasteiger partial charge in [-0.3, -0.25) is 4.99 Å². The van der Waals surface area contributed by atoms with Crippen LogP contribution in [0.3, 0.4) is 0 Å². The first-order valence-electron chi connectivity index (χ1n) is 11.8. The zero-order valence-corrected chi connectivity index (χ0v) is 22.5. The molecule has 1 atom stereocenters. The summed E-state index contributed by atoms with van der Waals surface area (Å²) in [5, 5.41) is 0. The number of halogens is 1. The van der Waals surface area contributed by atoms with Crippen molar-refractivity contribution in [3.8, 4) is 0 Å². The number of hydrogen-bond acceptors (Lipinski definition) is 1. The minimum Gasteiger partial charge on any atom is -0.298 e. The molecular weight excluding hydrogens is 477 g/mol. The van der Waals surface area contributed by atoms with E-state index in [0.717, 1.165) is 6.42 Å². The molecule has 0 fully saturated rings. The molecule has 1 aromatic carbocycles. The van der Waals surface area contributed by atoms with Gasteiger partial charge in [-0.15, -0.1) is 0 Å². The molecule has 1 aromatic rings. The summed E-state index contributed by atoms with van der Waals surface area (Å²) in [6, 6.07) is 4.98. The van der Waals surface area contributed by atoms with Crippen LogP contribution in [0, 0.1) is 18.3 Å². The van der Waals surface area contributed by atoms with Crippen LogP contribution in [0.2, 0.25) is 0 Å². The summed E-state index contributed by atoms with van der Waals surface area (Å²) in [4.78, 5) is 4.43. The molecule has 1 unspecified atom stereocenters. The Morgan fingerprint density at radius 1 is 1.17 bits per heavy atom. The van der Waals surface area contributed by atoms with Gasteiger partial charge in [-0.2, -0.15) is 0 Å². The Labute approximate surface area is 199 Å². The highest BCUT2D eigenvalue weighted by molar-refractivity contribution is 14.1. The molecule has 0 saturated heterocycles. The van der Waals surface area contributed by atoms with E-state index >= 15 is 0 Å². The zero-order chi connectivity index (χ0) is 22.3. The topological polar surface area (TPSA) is 12.4 Å². The largest absolute Gasteiger partial charge is 0.298 e. The summed E-state index contributed by atoms with van der Waals surface area (Å²) in [6.07, 6.45) is 14.2. The maximum atomic E-state index is 4.43. The smallest absolute Gasteiger partial charge is 0.0276 e. The minimum atomic E-state index is 0.335. The molecule has 1 aliphatic rings. The van der Waals surface area contributed by atoms with Crippen molar-refractivity contribution in [2.24, 2.45) is 16.3 Å². The fourth-order valence-electron chi connectivity index (χ4n) is 4.77. The lowest BCUT2D eigenvalue weighted by atomic mass is 9.71. The number of aryl methyl sites for hydroxylation is 3. The Kier molecular flexibility index (Phi) is 9.84. The third kappa shape index (κ3) is 6.80. The van der Waals surface area contributed by atoms with Crippen LogP contribution in [0.1, 0.15) is 95.4 Å². The first-order chi connectivity index (χ1) is 14.2. The predicted octanol–water partition coefficient (Wildman–Crippen LogP) is 8.91. The third-order valence-corrected chi connectivity index (χ3v) is 7.96. The van der Waals surface area contributed by atoms with Crippen molar-refractivity contribution < 1.29 is 0 Å². The van der Waals surface area contributed by atoms with Gasteiger partial charge in [-0.25, -0.2) is 0 Å². The fraction of sp³-hybridized carbons (Fsp3) is 0.607. The molecule has 2 heteroatoms. The summed E-state index contributed by atoms with van der Waals surface area (Å²) >= 11 is 2.47. The van der Waals surface area contributed by atoms with Crippen LogP contribution in [0.5, 0.6) is 0 Å². The van der Waals surface area contributed by atoms with E-state index in [0.29, 0.717) is 11.3 Å². The summed E-state index contributed by atoms with van der Waals surface area (Å²) in [5.41, 5.74) is 9.22. The van der Waals surface area contributed by atoms with Crippen molar-refractivity contribution in [2.45, 2.75) is 92.9 Å². The van der Waals surface area contributed by atoms with E-state index in [1.54, 1.807) is 5.56 Å². The van der Waals surface area contributed by atoms with Crippen LogP contribution in [0.4, 0.5) is 0 Å². The fourth-order valence-corrected chi connectivity index (χ4v) is 5.22. The van der Waals surface area contributed by atoms with E-state index in [-0.39, 0.29) is 0 Å². The van der Waals surface area contributed by atoms with Gasteiger partial charge in [-0.05, 0) is 124 Å². The minimum absolute atomic E-state index is 0.335. The van der Waals surface area contributed by atoms with Gasteiger partial charge in [0.2, 0.25) is 0 Å². The normalized spacial score (nSPS) is 17.0. The Hall–Kier alpha value is -0.900. The monoisotopic (exact) mass is 519 g/mol. The van der Waals surface area contributed by atoms with Crippen molar-refractivity contribution in [1.82, 2.24) is 0 Å². The SMILES string of the molecule is CCCc1cc(CCCC(C)(C/C(C)=N\C)C(C)C)cc(C)c1C1=CC=C(I)CC1. The van der Waals surface area contributed by atoms with Gasteiger partial charge in [0.15, 0.2) is 0 Å². The number of nitrogens with zero attached hydrogens (tertiary/aromatic N) is 1. The number of benzene rings is 1. The van der Waals surface area contributed by atoms with Gasteiger partial charge < -0.3 is 0 Å². The highest BCUT2D eigenvalue weighted by atomic mass is 127. The average molecular weight is 520 g/mol. The highest BCUT2D eigenvalue weighted by Crippen LogP contribution is 2.38. The van der Waals surface area contributed by atoms with Crippen LogP contribution in [-0.4, -0.2) is 12.8 Å². The van der Waals surface area contributed by atoms with E-state index in [9.17, 15) is 0 Å². The molecular formula is C28H42IN. The maximum absolute atomic E-state index is 4.43. The molecule has 0 amide bonds. The summed E-state index contributed by atoms with van der Waals surface area (Å²) in [7, 11) is 1.92. The predicted molar refractivity (Wildman–Crippen MR) is 144 cm³/mol. The highest BCUT2D eigenvalue weighted by Gasteiger charge is 2.28. The Morgan fingerprint density at radius 3 is 2.47 bits per heavy atom. The molecule has 1 aliphatic carbocycles. The maximum Gasteiger partial charge on any atom is 0.0276 e. The van der Waals surface area contributed by atoms with E-state index in [1.165, 1.54) is 76.5 Å². The van der Waals surface area contributed by atoms with Crippen molar-refractivity contribution in [3.63, 3.8) is 0 Å². The van der Waals surface area contributed by atoms with Crippen LogP contribution < -0.4 is 0 Å². The zero-order valence-electron chi connectivity index (χ0n) is 20.4. The van der Waals surface area contributed by atoms with Gasteiger partial charge in [0.1, 0.15) is 0 Å². The molecule has 0 aromatic heterocycles. The molecule has 0 aliphatic heterocycles. The van der Waals surface area contributed by atoms with Crippen LogP contribution in [-0.2, 0) is 12.8 Å². The van der Waals surface area contributed by atoms with E-state index in [1.807, 2.05) is 7.05 Å². The van der Waals surface area contributed by atoms with E-state index in [4.69, 9.17) is 0 Å². The number of hydrogen-bond donors (Lipinski definition) is 0. The molecule has 2 rings (SSSR count). The Bertz CT molecular complexity index is 812. The molecule has 1 nitrogen and oxygen atoms in total. The Morgan fingerprint density at radius 2 is 1.90 bits per heavy atom. The van der Waals surface area contributed by atoms with Gasteiger partial charge >= 0.3 is 0 Å². The second-order valence-corrected chi connectivity index (χ2v) is 11.2. The lowest BCUT2D eigenvalue weighted by Gasteiger charge is -2.34. The lowest BCUT2D eigenvalue weighted by Crippen LogP contribution is -2.26. The van der Waals surface area contributed by atoms with Gasteiger partial charge in [-0.1, -0.05) is 58.4 Å². The molecule has 30 heavy (non-hydrogen) atoms. The summed E-state index contributed by atoms with van der Waals surface area (Å²) < 4.78 is 1.47. The quantitative estimate of drug-likeness (QED) is 0.216. The lowest BCUT2D eigenvalue weighted by molar-refractivity contribution is 0.204. The number of allylic oxidation sites excluding steroid dienone is 4. The molecule has 0 bridgehead atoms. The Balaban J connectivity index is 2.19. The van der Waals surface area contributed by atoms with Gasteiger partial charge in [0.05, 0.1) is 0 Å². The molecule has 0 heterocycles. The van der Waals surface area contributed by atoms with Crippen LogP contribution in [0.15, 0.2) is 32.9 Å². The number of rotatable bonds is 10. The standard InChI is InChI=1S/C28H42IN/c1-8-10-25-18-23(11-9-16-28(6,20(2)3)19-22(5)30-7)17-21(4)27(25)24-12-14-26(29)15-13-24/h12,14,17-18,20H,8-11,13,15-16,19H2,1-7H3/b30-22-. The van der Waals surface area contributed by atoms with Crippen LogP contribution in [0.25, 0.3) is 5.57 Å². The second-order valence-electron chi connectivity index (χ2n) is 9.80. The first-order valence-corrected chi connectivity index (χ1v) is 12.9. The van der Waals surface area contributed by atoms with E-state index < -0.39 is 0 Å². The molecule has 0 N–H and O–H groups in total. The van der Waals surface area contributed by atoms with E-state index in [2.05, 4.69) is 93.4 Å². The molecule has 0 saturated carbocycles. The van der Waals surface area contributed by atoms with Gasteiger partial charge in [0.25, 0.3) is 0 Å². The second kappa shape index (κ2) is 11.6. The van der Waals surface area contributed by atoms with Crippen molar-refractivity contribution in [1.29, 1.82) is 0 Å².